The normalized spacial score (nSPS) is 29.2. The second kappa shape index (κ2) is 9.64. The van der Waals surface area contributed by atoms with Gasteiger partial charge in [-0.25, -0.2) is 0 Å². The summed E-state index contributed by atoms with van der Waals surface area (Å²) < 4.78 is 0. The molecular formula is C32H39N3O. The van der Waals surface area contributed by atoms with E-state index in [1.165, 1.54) is 21.9 Å². The molecule has 3 saturated heterocycles. The number of rotatable bonds is 8. The molecule has 5 atom stereocenters. The number of hydrogen-bond donors (Lipinski definition) is 2. The van der Waals surface area contributed by atoms with Crippen LogP contribution in [0.25, 0.3) is 10.8 Å². The Balaban J connectivity index is 1.24. The van der Waals surface area contributed by atoms with Crippen LogP contribution in [0.3, 0.4) is 0 Å². The van der Waals surface area contributed by atoms with E-state index >= 15 is 0 Å². The Morgan fingerprint density at radius 1 is 1.03 bits per heavy atom. The predicted octanol–water partition coefficient (Wildman–Crippen LogP) is 4.82. The maximum Gasteiger partial charge on any atom is 0.242 e. The van der Waals surface area contributed by atoms with Gasteiger partial charge in [-0.3, -0.25) is 9.69 Å². The quantitative estimate of drug-likeness (QED) is 0.485. The van der Waals surface area contributed by atoms with Crippen molar-refractivity contribution in [3.63, 3.8) is 0 Å². The molecule has 1 saturated carbocycles. The number of likely N-dealkylation sites (tertiary alicyclic amines) is 1. The van der Waals surface area contributed by atoms with Crippen LogP contribution >= 0.6 is 0 Å². The molecule has 0 radical (unpaired) electrons. The summed E-state index contributed by atoms with van der Waals surface area (Å²) >= 11 is 0. The summed E-state index contributed by atoms with van der Waals surface area (Å²) in [6.45, 7) is 7.32. The number of hydrogen-bond acceptors (Lipinski definition) is 3. The van der Waals surface area contributed by atoms with Crippen LogP contribution in [0.15, 0.2) is 72.8 Å². The Hall–Kier alpha value is -2.69. The lowest BCUT2D eigenvalue weighted by Gasteiger charge is -2.52. The maximum absolute atomic E-state index is 14.1. The Kier molecular flexibility index (Phi) is 6.35. The minimum atomic E-state index is -0.470. The summed E-state index contributed by atoms with van der Waals surface area (Å²) in [6.07, 6.45) is 4.17. The van der Waals surface area contributed by atoms with Crippen LogP contribution in [0.1, 0.15) is 37.8 Å². The van der Waals surface area contributed by atoms with Gasteiger partial charge in [0.1, 0.15) is 5.54 Å². The first-order valence-electron chi connectivity index (χ1n) is 13.9. The van der Waals surface area contributed by atoms with Crippen LogP contribution in [0.5, 0.6) is 0 Å². The molecule has 4 nitrogen and oxygen atoms in total. The molecule has 3 aliphatic heterocycles. The molecular weight excluding hydrogens is 442 g/mol. The lowest BCUT2D eigenvalue weighted by Crippen LogP contribution is -2.73. The monoisotopic (exact) mass is 481 g/mol. The minimum Gasteiger partial charge on any atom is -0.354 e. The van der Waals surface area contributed by atoms with Crippen LogP contribution in [-0.2, 0) is 17.6 Å². The van der Waals surface area contributed by atoms with Crippen LogP contribution in [0.2, 0.25) is 0 Å². The zero-order valence-electron chi connectivity index (χ0n) is 21.6. The van der Waals surface area contributed by atoms with E-state index in [2.05, 4.69) is 102 Å². The minimum absolute atomic E-state index is 0.222. The fraction of sp³-hybridized carbons (Fsp3) is 0.469. The van der Waals surface area contributed by atoms with E-state index < -0.39 is 5.54 Å². The van der Waals surface area contributed by atoms with Crippen molar-refractivity contribution < 1.29 is 4.79 Å². The summed E-state index contributed by atoms with van der Waals surface area (Å²) in [6, 6.07) is 26.6. The van der Waals surface area contributed by atoms with Gasteiger partial charge in [0.25, 0.3) is 0 Å². The smallest absolute Gasteiger partial charge is 0.242 e. The molecule has 0 spiro atoms. The highest BCUT2D eigenvalue weighted by atomic mass is 16.2. The van der Waals surface area contributed by atoms with Crippen molar-refractivity contribution in [3.05, 3.63) is 83.9 Å². The van der Waals surface area contributed by atoms with E-state index in [-0.39, 0.29) is 11.9 Å². The van der Waals surface area contributed by atoms with E-state index in [9.17, 15) is 4.79 Å². The Morgan fingerprint density at radius 3 is 2.64 bits per heavy atom. The van der Waals surface area contributed by atoms with Gasteiger partial charge in [0.05, 0.1) is 0 Å². The zero-order valence-corrected chi connectivity index (χ0v) is 21.6. The van der Waals surface area contributed by atoms with E-state index in [4.69, 9.17) is 0 Å². The standard InChI is InChI=1S/C32H39N3O/c1-22(2)21-35-29(18-23-9-4-3-5-10-23)28-17-24-19-30(35)32(28,34-20-24)31(36)33-16-15-26-13-8-12-25-11-6-7-14-27(25)26/h3-14,22,24,28-30,34H,15-21H2,1-2H3,(H,33,36). The lowest BCUT2D eigenvalue weighted by atomic mass is 9.62. The van der Waals surface area contributed by atoms with E-state index in [0.717, 1.165) is 38.8 Å². The molecule has 7 rings (SSSR count). The molecule has 4 bridgehead atoms. The van der Waals surface area contributed by atoms with Gasteiger partial charge in [-0.1, -0.05) is 86.6 Å². The molecule has 188 valence electrons. The van der Waals surface area contributed by atoms with Crippen LogP contribution in [0.4, 0.5) is 0 Å². The lowest BCUT2D eigenvalue weighted by molar-refractivity contribution is -0.135. The first-order chi connectivity index (χ1) is 17.6. The molecule has 3 heterocycles. The summed E-state index contributed by atoms with van der Waals surface area (Å²) in [4.78, 5) is 16.8. The number of fused-ring (bicyclic) bond motifs is 2. The van der Waals surface area contributed by atoms with Gasteiger partial charge in [0, 0.05) is 31.1 Å². The van der Waals surface area contributed by atoms with Crippen molar-refractivity contribution in [1.29, 1.82) is 0 Å². The number of nitrogens with zero attached hydrogens (tertiary/aromatic N) is 1. The van der Waals surface area contributed by atoms with Gasteiger partial charge in [-0.2, -0.15) is 0 Å². The second-order valence-electron chi connectivity index (χ2n) is 11.7. The first kappa shape index (κ1) is 23.7. The van der Waals surface area contributed by atoms with Gasteiger partial charge in [-0.15, -0.1) is 0 Å². The molecule has 3 aromatic carbocycles. The number of amides is 1. The van der Waals surface area contributed by atoms with Gasteiger partial charge in [0.15, 0.2) is 0 Å². The average Bonchev–Trinajstić information content (AvgIpc) is 3.06. The largest absolute Gasteiger partial charge is 0.354 e. The maximum atomic E-state index is 14.1. The van der Waals surface area contributed by atoms with E-state index in [0.29, 0.717) is 30.3 Å². The molecule has 2 N–H and O–H groups in total. The first-order valence-corrected chi connectivity index (χ1v) is 13.9. The Morgan fingerprint density at radius 2 is 1.81 bits per heavy atom. The number of carbonyl (C=O) groups is 1. The van der Waals surface area contributed by atoms with Gasteiger partial charge < -0.3 is 10.6 Å². The van der Waals surface area contributed by atoms with Crippen LogP contribution < -0.4 is 10.6 Å². The molecule has 4 heteroatoms. The SMILES string of the molecule is CC(C)CN1C(Cc2ccccc2)C2CC3CNC2(C(=O)NCCc2cccc4ccccc24)C1C3. The molecule has 36 heavy (non-hydrogen) atoms. The van der Waals surface area contributed by atoms with Crippen LogP contribution in [-0.4, -0.2) is 48.1 Å². The molecule has 4 aliphatic rings. The molecule has 3 aromatic rings. The van der Waals surface area contributed by atoms with Crippen molar-refractivity contribution in [3.8, 4) is 0 Å². The third-order valence-electron chi connectivity index (χ3n) is 9.03. The molecule has 1 aliphatic carbocycles. The van der Waals surface area contributed by atoms with Gasteiger partial charge in [-0.05, 0) is 66.0 Å². The topological polar surface area (TPSA) is 44.4 Å². The van der Waals surface area contributed by atoms with Crippen molar-refractivity contribution in [2.75, 3.05) is 19.6 Å². The molecule has 1 amide bonds. The highest BCUT2D eigenvalue weighted by molar-refractivity contribution is 5.89. The number of piperidine rings is 2. The third-order valence-corrected chi connectivity index (χ3v) is 9.03. The van der Waals surface area contributed by atoms with Gasteiger partial charge >= 0.3 is 0 Å². The Bertz CT molecular complexity index is 1220. The highest BCUT2D eigenvalue weighted by Crippen LogP contribution is 2.53. The fourth-order valence-electron chi connectivity index (χ4n) is 7.61. The highest BCUT2D eigenvalue weighted by Gasteiger charge is 2.67. The van der Waals surface area contributed by atoms with Crippen molar-refractivity contribution in [2.45, 2.75) is 57.2 Å². The number of carbonyl (C=O) groups excluding carboxylic acids is 1. The summed E-state index contributed by atoms with van der Waals surface area (Å²) in [7, 11) is 0. The van der Waals surface area contributed by atoms with Crippen molar-refractivity contribution in [2.24, 2.45) is 17.8 Å². The molecule has 0 aromatic heterocycles. The summed E-state index contributed by atoms with van der Waals surface area (Å²) in [5.74, 6) is 1.83. The number of nitrogens with one attached hydrogen (secondary N) is 2. The molecule has 5 unspecified atom stereocenters. The summed E-state index contributed by atoms with van der Waals surface area (Å²) in [5.41, 5.74) is 2.21. The molecule has 4 fully saturated rings. The van der Waals surface area contributed by atoms with E-state index in [1.54, 1.807) is 0 Å². The fourth-order valence-corrected chi connectivity index (χ4v) is 7.61. The zero-order chi connectivity index (χ0) is 24.7. The predicted molar refractivity (Wildman–Crippen MR) is 147 cm³/mol. The number of benzene rings is 3. The van der Waals surface area contributed by atoms with E-state index in [1.807, 2.05) is 0 Å². The van der Waals surface area contributed by atoms with Gasteiger partial charge in [0.2, 0.25) is 5.91 Å². The Labute approximate surface area is 215 Å². The van der Waals surface area contributed by atoms with Crippen molar-refractivity contribution in [1.82, 2.24) is 15.5 Å². The summed E-state index contributed by atoms with van der Waals surface area (Å²) in [5, 5.41) is 9.80. The third kappa shape index (κ3) is 4.05. The second-order valence-corrected chi connectivity index (χ2v) is 11.7. The average molecular weight is 482 g/mol. The van der Waals surface area contributed by atoms with Crippen molar-refractivity contribution >= 4 is 16.7 Å². The van der Waals surface area contributed by atoms with Crippen LogP contribution in [0, 0.1) is 17.8 Å².